The number of sulfonamides is 1. The SMILES string of the molecule is O=S(=O)(Nc1ncns1)c1c(Cl)cc(Cl)cc1Cl. The van der Waals surface area contributed by atoms with Crippen molar-refractivity contribution in [1.29, 1.82) is 0 Å². The number of hydrogen-bond acceptors (Lipinski definition) is 5. The summed E-state index contributed by atoms with van der Waals surface area (Å²) in [5.74, 6) is 0. The molecule has 5 nitrogen and oxygen atoms in total. The predicted octanol–water partition coefficient (Wildman–Crippen LogP) is 3.30. The number of anilines is 1. The largest absolute Gasteiger partial charge is 0.266 e. The number of aromatic nitrogens is 2. The number of benzene rings is 1. The first-order valence-electron chi connectivity index (χ1n) is 4.34. The number of nitrogens with one attached hydrogen (secondary N) is 1. The lowest BCUT2D eigenvalue weighted by Crippen LogP contribution is -2.13. The fraction of sp³-hybridized carbons (Fsp3) is 0. The van der Waals surface area contributed by atoms with Gasteiger partial charge in [0.2, 0.25) is 5.13 Å². The average molecular weight is 345 g/mol. The van der Waals surface area contributed by atoms with Crippen LogP contribution in [0.3, 0.4) is 0 Å². The van der Waals surface area contributed by atoms with E-state index in [1.165, 1.54) is 18.5 Å². The summed E-state index contributed by atoms with van der Waals surface area (Å²) in [5, 5.41) is 0.242. The molecule has 0 aliphatic heterocycles. The highest BCUT2D eigenvalue weighted by molar-refractivity contribution is 7.93. The molecule has 0 unspecified atom stereocenters. The molecule has 18 heavy (non-hydrogen) atoms. The first kappa shape index (κ1) is 13.8. The molecular formula is C8H4Cl3N3O2S2. The van der Waals surface area contributed by atoms with Gasteiger partial charge in [-0.1, -0.05) is 34.8 Å². The molecule has 0 saturated carbocycles. The van der Waals surface area contributed by atoms with Crippen molar-refractivity contribution in [3.8, 4) is 0 Å². The number of nitrogens with zero attached hydrogens (tertiary/aromatic N) is 2. The molecule has 0 aliphatic rings. The molecule has 0 spiro atoms. The minimum absolute atomic E-state index is 0.0653. The smallest absolute Gasteiger partial charge is 0.253 e. The van der Waals surface area contributed by atoms with E-state index >= 15 is 0 Å². The topological polar surface area (TPSA) is 72.0 Å². The molecule has 0 aliphatic carbocycles. The number of hydrogen-bond donors (Lipinski definition) is 1. The van der Waals surface area contributed by atoms with Crippen molar-refractivity contribution in [1.82, 2.24) is 9.36 Å². The van der Waals surface area contributed by atoms with Crippen molar-refractivity contribution in [3.63, 3.8) is 0 Å². The molecule has 10 heteroatoms. The first-order chi connectivity index (χ1) is 8.40. The maximum absolute atomic E-state index is 12.1. The average Bonchev–Trinajstić information content (AvgIpc) is 2.66. The molecule has 0 saturated heterocycles. The van der Waals surface area contributed by atoms with Gasteiger partial charge < -0.3 is 0 Å². The molecule has 96 valence electrons. The zero-order valence-electron chi connectivity index (χ0n) is 8.39. The lowest BCUT2D eigenvalue weighted by atomic mass is 10.4. The van der Waals surface area contributed by atoms with Crippen molar-refractivity contribution in [2.24, 2.45) is 0 Å². The van der Waals surface area contributed by atoms with Crippen LogP contribution in [0.25, 0.3) is 0 Å². The van der Waals surface area contributed by atoms with E-state index in [0.29, 0.717) is 0 Å². The summed E-state index contributed by atoms with van der Waals surface area (Å²) >= 11 is 18.3. The van der Waals surface area contributed by atoms with Gasteiger partial charge in [0.1, 0.15) is 11.2 Å². The number of rotatable bonds is 3. The first-order valence-corrected chi connectivity index (χ1v) is 7.73. The van der Waals surface area contributed by atoms with E-state index in [1.54, 1.807) is 0 Å². The van der Waals surface area contributed by atoms with Gasteiger partial charge in [-0.25, -0.2) is 13.4 Å². The summed E-state index contributed by atoms with van der Waals surface area (Å²) in [4.78, 5) is 3.46. The van der Waals surface area contributed by atoms with Gasteiger partial charge in [-0.2, -0.15) is 4.37 Å². The quantitative estimate of drug-likeness (QED) is 0.927. The second-order valence-electron chi connectivity index (χ2n) is 3.05. The van der Waals surface area contributed by atoms with Crippen molar-refractivity contribution >= 4 is 61.5 Å². The summed E-state index contributed by atoms with van der Waals surface area (Å²) in [7, 11) is -3.93. The molecule has 0 bridgehead atoms. The van der Waals surface area contributed by atoms with Crippen LogP contribution in [0.15, 0.2) is 23.4 Å². The molecule has 1 N–H and O–H groups in total. The van der Waals surface area contributed by atoms with Crippen molar-refractivity contribution in [2.45, 2.75) is 4.90 Å². The second kappa shape index (κ2) is 5.18. The Labute approximate surface area is 122 Å². The van der Waals surface area contributed by atoms with Crippen LogP contribution in [-0.4, -0.2) is 17.8 Å². The van der Waals surface area contributed by atoms with Crippen molar-refractivity contribution < 1.29 is 8.42 Å². The summed E-state index contributed by atoms with van der Waals surface area (Å²) in [6.45, 7) is 0. The van der Waals surface area contributed by atoms with Gasteiger partial charge in [0.25, 0.3) is 10.0 Å². The molecule has 1 aromatic heterocycles. The van der Waals surface area contributed by atoms with E-state index in [-0.39, 0.29) is 25.1 Å². The minimum atomic E-state index is -3.93. The molecule has 2 aromatic rings. The summed E-state index contributed by atoms with van der Waals surface area (Å²) in [5.41, 5.74) is 0. The predicted molar refractivity (Wildman–Crippen MR) is 72.2 cm³/mol. The van der Waals surface area contributed by atoms with Crippen LogP contribution in [0.2, 0.25) is 15.1 Å². The summed E-state index contributed by atoms with van der Waals surface area (Å²) < 4.78 is 30.0. The fourth-order valence-electron chi connectivity index (χ4n) is 1.17. The molecule has 0 radical (unpaired) electrons. The van der Waals surface area contributed by atoms with E-state index in [1.807, 2.05) is 0 Å². The number of halogens is 3. The van der Waals surface area contributed by atoms with Gasteiger partial charge in [0.15, 0.2) is 0 Å². The monoisotopic (exact) mass is 343 g/mol. The molecule has 1 aromatic carbocycles. The summed E-state index contributed by atoms with van der Waals surface area (Å²) in [6, 6.07) is 2.59. The van der Waals surface area contributed by atoms with E-state index in [0.717, 1.165) is 11.5 Å². The van der Waals surface area contributed by atoms with Crippen LogP contribution in [0.4, 0.5) is 5.13 Å². The lowest BCUT2D eigenvalue weighted by Gasteiger charge is -2.09. The van der Waals surface area contributed by atoms with Gasteiger partial charge in [-0.3, -0.25) is 4.72 Å². The maximum atomic E-state index is 12.1. The Balaban J connectivity index is 2.48. The van der Waals surface area contributed by atoms with Gasteiger partial charge >= 0.3 is 0 Å². The van der Waals surface area contributed by atoms with Gasteiger partial charge in [0, 0.05) is 16.6 Å². The Bertz CT molecular complexity index is 650. The maximum Gasteiger partial charge on any atom is 0.266 e. The van der Waals surface area contributed by atoms with Crippen LogP contribution >= 0.6 is 46.3 Å². The van der Waals surface area contributed by atoms with Crippen LogP contribution < -0.4 is 4.72 Å². The van der Waals surface area contributed by atoms with Gasteiger partial charge in [-0.15, -0.1) is 0 Å². The fourth-order valence-corrected chi connectivity index (χ4v) is 4.38. The molecule has 0 fully saturated rings. The zero-order valence-corrected chi connectivity index (χ0v) is 12.3. The van der Waals surface area contributed by atoms with E-state index < -0.39 is 10.0 Å². The molecule has 1 heterocycles. The van der Waals surface area contributed by atoms with Crippen molar-refractivity contribution in [3.05, 3.63) is 33.5 Å². The third kappa shape index (κ3) is 2.86. The minimum Gasteiger partial charge on any atom is -0.253 e. The van der Waals surface area contributed by atoms with Crippen molar-refractivity contribution in [2.75, 3.05) is 4.72 Å². The zero-order chi connectivity index (χ0) is 13.3. The Kier molecular flexibility index (Phi) is 3.98. The Morgan fingerprint density at radius 2 is 1.78 bits per heavy atom. The van der Waals surface area contributed by atoms with Crippen LogP contribution in [0.5, 0.6) is 0 Å². The standard InChI is InChI=1S/C8H4Cl3N3O2S2/c9-4-1-5(10)7(6(11)2-4)18(15,16)14-8-12-3-13-17-8/h1-3H,(H,12,13,14). The Morgan fingerprint density at radius 1 is 1.17 bits per heavy atom. The van der Waals surface area contributed by atoms with E-state index in [2.05, 4.69) is 14.1 Å². The van der Waals surface area contributed by atoms with Crippen LogP contribution in [0.1, 0.15) is 0 Å². The summed E-state index contributed by atoms with van der Waals surface area (Å²) in [6.07, 6.45) is 1.23. The second-order valence-corrected chi connectivity index (χ2v) is 6.70. The molecular weight excluding hydrogens is 341 g/mol. The third-order valence-electron chi connectivity index (χ3n) is 1.81. The van der Waals surface area contributed by atoms with Crippen LogP contribution in [-0.2, 0) is 10.0 Å². The highest BCUT2D eigenvalue weighted by Gasteiger charge is 2.23. The molecule has 2 rings (SSSR count). The molecule has 0 amide bonds. The molecule has 0 atom stereocenters. The van der Waals surface area contributed by atoms with E-state index in [4.69, 9.17) is 34.8 Å². The van der Waals surface area contributed by atoms with E-state index in [9.17, 15) is 8.42 Å². The van der Waals surface area contributed by atoms with Gasteiger partial charge in [-0.05, 0) is 12.1 Å². The normalized spacial score (nSPS) is 11.5. The van der Waals surface area contributed by atoms with Crippen LogP contribution in [0, 0.1) is 0 Å². The highest BCUT2D eigenvalue weighted by Crippen LogP contribution is 2.33. The van der Waals surface area contributed by atoms with Gasteiger partial charge in [0.05, 0.1) is 10.0 Å². The highest BCUT2D eigenvalue weighted by atomic mass is 35.5. The Morgan fingerprint density at radius 3 is 2.28 bits per heavy atom. The Hall–Kier alpha value is -0.600. The lowest BCUT2D eigenvalue weighted by molar-refractivity contribution is 0.601. The third-order valence-corrected chi connectivity index (χ3v) is 5.00.